The summed E-state index contributed by atoms with van der Waals surface area (Å²) in [5.74, 6) is -0.133. The summed E-state index contributed by atoms with van der Waals surface area (Å²) in [7, 11) is 0. The Morgan fingerprint density at radius 3 is 2.58 bits per heavy atom. The maximum absolute atomic E-state index is 12.1. The predicted octanol–water partition coefficient (Wildman–Crippen LogP) is 3.95. The number of hydrogen-bond donors (Lipinski definition) is 3. The SMILES string of the molecule is O=C(CCNC(=O)Nc1ccccc1)Nc1nc2c(s1)CCCCCC2. The first-order valence-corrected chi connectivity index (χ1v) is 9.91. The summed E-state index contributed by atoms with van der Waals surface area (Å²) >= 11 is 1.59. The van der Waals surface area contributed by atoms with Crippen LogP contribution in [-0.4, -0.2) is 23.5 Å². The highest BCUT2D eigenvalue weighted by Crippen LogP contribution is 2.28. The lowest BCUT2D eigenvalue weighted by Crippen LogP contribution is -2.31. The van der Waals surface area contributed by atoms with Gasteiger partial charge in [0.1, 0.15) is 0 Å². The molecule has 1 aliphatic carbocycles. The van der Waals surface area contributed by atoms with Crippen molar-refractivity contribution < 1.29 is 9.59 Å². The summed E-state index contributed by atoms with van der Waals surface area (Å²) in [6.45, 7) is 0.273. The van der Waals surface area contributed by atoms with Gasteiger partial charge in [-0.05, 0) is 37.8 Å². The number of carbonyl (C=O) groups excluding carboxylic acids is 2. The number of thiazole rings is 1. The third-order valence-corrected chi connectivity index (χ3v) is 5.33. The molecular formula is C19H24N4O2S. The molecule has 2 aromatic rings. The largest absolute Gasteiger partial charge is 0.337 e. The summed E-state index contributed by atoms with van der Waals surface area (Å²) in [5.41, 5.74) is 1.86. The van der Waals surface area contributed by atoms with E-state index >= 15 is 0 Å². The Balaban J connectivity index is 1.41. The number of nitrogens with one attached hydrogen (secondary N) is 3. The van der Waals surface area contributed by atoms with Crippen LogP contribution in [0.2, 0.25) is 0 Å². The van der Waals surface area contributed by atoms with Gasteiger partial charge in [0.05, 0.1) is 5.69 Å². The first-order valence-electron chi connectivity index (χ1n) is 9.09. The first-order chi connectivity index (χ1) is 12.7. The van der Waals surface area contributed by atoms with Crippen LogP contribution in [0.25, 0.3) is 0 Å². The monoisotopic (exact) mass is 372 g/mol. The predicted molar refractivity (Wildman–Crippen MR) is 105 cm³/mol. The minimum absolute atomic E-state index is 0.133. The number of hydrogen-bond acceptors (Lipinski definition) is 4. The quantitative estimate of drug-likeness (QED) is 0.743. The number of fused-ring (bicyclic) bond motifs is 1. The number of amides is 3. The average Bonchev–Trinajstić information content (AvgIpc) is 2.96. The molecule has 26 heavy (non-hydrogen) atoms. The molecule has 1 aromatic carbocycles. The summed E-state index contributed by atoms with van der Waals surface area (Å²) < 4.78 is 0. The molecule has 3 N–H and O–H groups in total. The Labute approximate surface area is 157 Å². The zero-order chi connectivity index (χ0) is 18.2. The highest BCUT2D eigenvalue weighted by molar-refractivity contribution is 7.15. The third kappa shape index (κ3) is 5.56. The molecule has 3 rings (SSSR count). The average molecular weight is 372 g/mol. The number of nitrogens with zero attached hydrogens (tertiary/aromatic N) is 1. The lowest BCUT2D eigenvalue weighted by molar-refractivity contribution is -0.116. The zero-order valence-corrected chi connectivity index (χ0v) is 15.5. The van der Waals surface area contributed by atoms with Crippen LogP contribution in [0.5, 0.6) is 0 Å². The Morgan fingerprint density at radius 2 is 1.77 bits per heavy atom. The van der Waals surface area contributed by atoms with Gasteiger partial charge in [-0.1, -0.05) is 31.0 Å². The van der Waals surface area contributed by atoms with E-state index in [9.17, 15) is 9.59 Å². The van der Waals surface area contributed by atoms with Gasteiger partial charge in [0.2, 0.25) is 5.91 Å². The van der Waals surface area contributed by atoms with Crippen molar-refractivity contribution in [3.8, 4) is 0 Å². The summed E-state index contributed by atoms with van der Waals surface area (Å²) in [6, 6.07) is 8.87. The van der Waals surface area contributed by atoms with Gasteiger partial charge < -0.3 is 16.0 Å². The van der Waals surface area contributed by atoms with Crippen LogP contribution < -0.4 is 16.0 Å². The number of para-hydroxylation sites is 1. The van der Waals surface area contributed by atoms with Gasteiger partial charge in [-0.2, -0.15) is 0 Å². The molecule has 6 nitrogen and oxygen atoms in total. The van der Waals surface area contributed by atoms with Crippen LogP contribution in [0.1, 0.15) is 42.7 Å². The molecule has 7 heteroatoms. The van der Waals surface area contributed by atoms with E-state index in [0.717, 1.165) is 24.2 Å². The van der Waals surface area contributed by atoms with E-state index in [1.807, 2.05) is 18.2 Å². The maximum atomic E-state index is 12.1. The Morgan fingerprint density at radius 1 is 1.00 bits per heavy atom. The van der Waals surface area contributed by atoms with E-state index in [4.69, 9.17) is 0 Å². The molecule has 1 aliphatic rings. The molecule has 0 radical (unpaired) electrons. The molecule has 3 amide bonds. The van der Waals surface area contributed by atoms with Gasteiger partial charge in [0.15, 0.2) is 5.13 Å². The van der Waals surface area contributed by atoms with Crippen LogP contribution in [0.3, 0.4) is 0 Å². The van der Waals surface area contributed by atoms with Gasteiger partial charge in [-0.25, -0.2) is 9.78 Å². The molecule has 1 aromatic heterocycles. The van der Waals surface area contributed by atoms with Crippen molar-refractivity contribution in [3.63, 3.8) is 0 Å². The van der Waals surface area contributed by atoms with Crippen LogP contribution in [0, 0.1) is 0 Å². The summed E-state index contributed by atoms with van der Waals surface area (Å²) in [4.78, 5) is 29.8. The van der Waals surface area contributed by atoms with Gasteiger partial charge in [0.25, 0.3) is 0 Å². The minimum Gasteiger partial charge on any atom is -0.337 e. The van der Waals surface area contributed by atoms with E-state index < -0.39 is 0 Å². The van der Waals surface area contributed by atoms with Crippen molar-refractivity contribution in [1.29, 1.82) is 0 Å². The molecular weight excluding hydrogens is 348 g/mol. The molecule has 0 bridgehead atoms. The Kier molecular flexibility index (Phi) is 6.60. The van der Waals surface area contributed by atoms with E-state index in [1.165, 1.54) is 30.6 Å². The van der Waals surface area contributed by atoms with Crippen LogP contribution in [0.4, 0.5) is 15.6 Å². The highest BCUT2D eigenvalue weighted by Gasteiger charge is 2.14. The number of aromatic nitrogens is 1. The lowest BCUT2D eigenvalue weighted by atomic mass is 10.0. The smallest absolute Gasteiger partial charge is 0.319 e. The van der Waals surface area contributed by atoms with Gasteiger partial charge in [0, 0.05) is 23.5 Å². The fraction of sp³-hybridized carbons (Fsp3) is 0.421. The van der Waals surface area contributed by atoms with Crippen molar-refractivity contribution in [1.82, 2.24) is 10.3 Å². The topological polar surface area (TPSA) is 83.1 Å². The number of aryl methyl sites for hydroxylation is 2. The van der Waals surface area contributed by atoms with Crippen LogP contribution in [-0.2, 0) is 17.6 Å². The third-order valence-electron chi connectivity index (χ3n) is 4.26. The van der Waals surface area contributed by atoms with Crippen molar-refractivity contribution >= 4 is 34.1 Å². The Hall–Kier alpha value is -2.41. The van der Waals surface area contributed by atoms with Gasteiger partial charge in [-0.3, -0.25) is 4.79 Å². The van der Waals surface area contributed by atoms with E-state index in [1.54, 1.807) is 23.5 Å². The molecule has 0 aliphatic heterocycles. The second kappa shape index (κ2) is 9.33. The number of urea groups is 1. The fourth-order valence-corrected chi connectivity index (χ4v) is 3.99. The molecule has 1 heterocycles. The number of anilines is 2. The normalized spacial score (nSPS) is 13.8. The second-order valence-electron chi connectivity index (χ2n) is 6.35. The number of benzene rings is 1. The molecule has 0 saturated carbocycles. The fourth-order valence-electron chi connectivity index (χ4n) is 2.93. The second-order valence-corrected chi connectivity index (χ2v) is 7.43. The maximum Gasteiger partial charge on any atom is 0.319 e. The van der Waals surface area contributed by atoms with Crippen LogP contribution in [0.15, 0.2) is 30.3 Å². The Bertz CT molecular complexity index is 720. The zero-order valence-electron chi connectivity index (χ0n) is 14.7. The van der Waals surface area contributed by atoms with Gasteiger partial charge in [-0.15, -0.1) is 11.3 Å². The number of carbonyl (C=O) groups is 2. The van der Waals surface area contributed by atoms with Crippen LogP contribution >= 0.6 is 11.3 Å². The molecule has 0 spiro atoms. The van der Waals surface area contributed by atoms with E-state index in [0.29, 0.717) is 5.13 Å². The standard InChI is InChI=1S/C19H24N4O2S/c24-17(12-13-20-18(25)21-14-8-4-3-5-9-14)23-19-22-15-10-6-1-2-7-11-16(15)26-19/h3-5,8-9H,1-2,6-7,10-13H2,(H2,20,21,25)(H,22,23,24). The van der Waals surface area contributed by atoms with E-state index in [2.05, 4.69) is 20.9 Å². The summed E-state index contributed by atoms with van der Waals surface area (Å²) in [5, 5.41) is 8.94. The minimum atomic E-state index is -0.318. The van der Waals surface area contributed by atoms with Crippen molar-refractivity contribution in [2.45, 2.75) is 44.9 Å². The van der Waals surface area contributed by atoms with E-state index in [-0.39, 0.29) is 24.9 Å². The molecule has 0 unspecified atom stereocenters. The molecule has 0 atom stereocenters. The van der Waals surface area contributed by atoms with Crippen molar-refractivity contribution in [2.24, 2.45) is 0 Å². The van der Waals surface area contributed by atoms with Gasteiger partial charge >= 0.3 is 6.03 Å². The highest BCUT2D eigenvalue weighted by atomic mass is 32.1. The molecule has 0 fully saturated rings. The molecule has 138 valence electrons. The number of rotatable bonds is 5. The van der Waals surface area contributed by atoms with Crippen molar-refractivity contribution in [3.05, 3.63) is 40.9 Å². The first kappa shape index (κ1) is 18.4. The molecule has 0 saturated heterocycles. The lowest BCUT2D eigenvalue weighted by Gasteiger charge is -2.07. The van der Waals surface area contributed by atoms with Crippen molar-refractivity contribution in [2.75, 3.05) is 17.2 Å². The summed E-state index contributed by atoms with van der Waals surface area (Å²) in [6.07, 6.45) is 7.18.